The molecule has 0 aromatic heterocycles. The molecule has 0 unspecified atom stereocenters. The van der Waals surface area contributed by atoms with Crippen LogP contribution in [0.1, 0.15) is 12.0 Å². The van der Waals surface area contributed by atoms with Crippen molar-refractivity contribution >= 4 is 27.3 Å². The summed E-state index contributed by atoms with van der Waals surface area (Å²) in [5.74, 6) is 0.366. The fourth-order valence-corrected chi connectivity index (χ4v) is 3.32. The van der Waals surface area contributed by atoms with E-state index >= 15 is 0 Å². The van der Waals surface area contributed by atoms with Gasteiger partial charge >= 0.3 is 0 Å². The molecule has 6 nitrogen and oxygen atoms in total. The number of nitrogens with one attached hydrogen (secondary N) is 1. The van der Waals surface area contributed by atoms with Gasteiger partial charge in [0.15, 0.2) is 0 Å². The Hall–Kier alpha value is -2.54. The average Bonchev–Trinajstić information content (AvgIpc) is 2.54. The molecule has 0 saturated heterocycles. The number of hydrogen-bond donors (Lipinski definition) is 1. The average molecular weight is 362 g/mol. The molecule has 7 heteroatoms. The fraction of sp³-hybridized carbons (Fsp3) is 0.278. The predicted octanol–water partition coefficient (Wildman–Crippen LogP) is 2.80. The molecule has 0 aliphatic rings. The molecule has 0 spiro atoms. The van der Waals surface area contributed by atoms with Crippen molar-refractivity contribution in [3.05, 3.63) is 54.1 Å². The molecule has 25 heavy (non-hydrogen) atoms. The number of aryl methyl sites for hydroxylation is 1. The monoisotopic (exact) mass is 362 g/mol. The lowest BCUT2D eigenvalue weighted by Crippen LogP contribution is -2.33. The Labute approximate surface area is 148 Å². The number of hydrogen-bond acceptors (Lipinski definition) is 4. The number of amides is 1. The lowest BCUT2D eigenvalue weighted by molar-refractivity contribution is -0.116. The minimum atomic E-state index is -3.48. The van der Waals surface area contributed by atoms with E-state index in [2.05, 4.69) is 5.32 Å². The van der Waals surface area contributed by atoms with Crippen molar-refractivity contribution < 1.29 is 17.9 Å². The number of anilines is 2. The first-order valence-corrected chi connectivity index (χ1v) is 9.63. The van der Waals surface area contributed by atoms with Crippen LogP contribution < -0.4 is 14.4 Å². The van der Waals surface area contributed by atoms with Gasteiger partial charge in [-0.3, -0.25) is 9.10 Å². The van der Waals surface area contributed by atoms with Crippen molar-refractivity contribution in [1.29, 1.82) is 0 Å². The van der Waals surface area contributed by atoms with E-state index in [-0.39, 0.29) is 18.9 Å². The minimum absolute atomic E-state index is 0.0399. The van der Waals surface area contributed by atoms with Crippen molar-refractivity contribution in [2.75, 3.05) is 29.5 Å². The van der Waals surface area contributed by atoms with E-state index < -0.39 is 10.0 Å². The van der Waals surface area contributed by atoms with Gasteiger partial charge < -0.3 is 10.1 Å². The van der Waals surface area contributed by atoms with Gasteiger partial charge in [0, 0.05) is 24.7 Å². The van der Waals surface area contributed by atoms with Crippen molar-refractivity contribution in [3.63, 3.8) is 0 Å². The summed E-state index contributed by atoms with van der Waals surface area (Å²) in [6.07, 6.45) is 1.17. The molecule has 0 fully saturated rings. The molecule has 134 valence electrons. The van der Waals surface area contributed by atoms with Crippen LogP contribution in [0, 0.1) is 6.92 Å². The third kappa shape index (κ3) is 5.49. The number of nitrogens with zero attached hydrogens (tertiary/aromatic N) is 1. The zero-order chi connectivity index (χ0) is 18.4. The van der Waals surface area contributed by atoms with Crippen LogP contribution in [0.25, 0.3) is 0 Å². The smallest absolute Gasteiger partial charge is 0.232 e. The highest BCUT2D eigenvalue weighted by Gasteiger charge is 2.18. The number of ether oxygens (including phenoxy) is 1. The standard InChI is InChI=1S/C18H22N2O4S/c1-14-6-4-8-16(12-14)20(25(3,22)23)11-10-18(21)19-15-7-5-9-17(13-15)24-2/h4-9,12-13H,10-11H2,1-3H3,(H,19,21). The summed E-state index contributed by atoms with van der Waals surface area (Å²) < 4.78 is 30.5. The van der Waals surface area contributed by atoms with E-state index in [1.165, 1.54) is 4.31 Å². The molecule has 0 aliphatic heterocycles. The summed E-state index contributed by atoms with van der Waals surface area (Å²) in [6.45, 7) is 1.96. The summed E-state index contributed by atoms with van der Waals surface area (Å²) in [5, 5.41) is 2.75. The Morgan fingerprint density at radius 2 is 1.88 bits per heavy atom. The molecular formula is C18H22N2O4S. The molecule has 2 aromatic carbocycles. The van der Waals surface area contributed by atoms with Gasteiger partial charge in [-0.1, -0.05) is 18.2 Å². The van der Waals surface area contributed by atoms with Gasteiger partial charge in [-0.15, -0.1) is 0 Å². The highest BCUT2D eigenvalue weighted by atomic mass is 32.2. The highest BCUT2D eigenvalue weighted by molar-refractivity contribution is 7.92. The van der Waals surface area contributed by atoms with E-state index in [0.717, 1.165) is 11.8 Å². The summed E-state index contributed by atoms with van der Waals surface area (Å²) in [6, 6.07) is 14.2. The molecule has 0 aliphatic carbocycles. The van der Waals surface area contributed by atoms with Gasteiger partial charge in [0.25, 0.3) is 0 Å². The van der Waals surface area contributed by atoms with Crippen molar-refractivity contribution in [1.82, 2.24) is 0 Å². The van der Waals surface area contributed by atoms with Crippen LogP contribution in [0.3, 0.4) is 0 Å². The first-order valence-electron chi connectivity index (χ1n) is 7.78. The number of sulfonamides is 1. The Morgan fingerprint density at radius 1 is 1.16 bits per heavy atom. The van der Waals surface area contributed by atoms with Crippen molar-refractivity contribution in [2.45, 2.75) is 13.3 Å². The Morgan fingerprint density at radius 3 is 2.52 bits per heavy atom. The first kappa shape index (κ1) is 18.8. The summed E-state index contributed by atoms with van der Waals surface area (Å²) in [7, 11) is -1.93. The van der Waals surface area contributed by atoms with E-state index in [1.54, 1.807) is 49.6 Å². The first-order chi connectivity index (χ1) is 11.8. The van der Waals surface area contributed by atoms with E-state index in [1.807, 2.05) is 13.0 Å². The van der Waals surface area contributed by atoms with Crippen LogP contribution >= 0.6 is 0 Å². The molecule has 2 rings (SSSR count). The second-order valence-electron chi connectivity index (χ2n) is 5.70. The maximum atomic E-state index is 12.2. The summed E-state index contributed by atoms with van der Waals surface area (Å²) in [4.78, 5) is 12.2. The normalized spacial score (nSPS) is 11.0. The zero-order valence-corrected chi connectivity index (χ0v) is 15.3. The van der Waals surface area contributed by atoms with Crippen LogP contribution in [-0.4, -0.2) is 34.2 Å². The van der Waals surface area contributed by atoms with Gasteiger partial charge in [0.2, 0.25) is 15.9 Å². The number of carbonyl (C=O) groups excluding carboxylic acids is 1. The van der Waals surface area contributed by atoms with Crippen LogP contribution in [-0.2, 0) is 14.8 Å². The molecule has 1 amide bonds. The molecule has 0 radical (unpaired) electrons. The quantitative estimate of drug-likeness (QED) is 0.822. The Balaban J connectivity index is 2.06. The predicted molar refractivity (Wildman–Crippen MR) is 99.6 cm³/mol. The van der Waals surface area contributed by atoms with E-state index in [4.69, 9.17) is 4.74 Å². The van der Waals surface area contributed by atoms with E-state index in [0.29, 0.717) is 17.1 Å². The topological polar surface area (TPSA) is 75.7 Å². The fourth-order valence-electron chi connectivity index (χ4n) is 2.40. The van der Waals surface area contributed by atoms with Crippen LogP contribution in [0.15, 0.2) is 48.5 Å². The zero-order valence-electron chi connectivity index (χ0n) is 14.5. The SMILES string of the molecule is COc1cccc(NC(=O)CCN(c2cccc(C)c2)S(C)(=O)=O)c1. The molecule has 2 aromatic rings. The minimum Gasteiger partial charge on any atom is -0.497 e. The third-order valence-electron chi connectivity index (χ3n) is 3.59. The Kier molecular flexibility index (Phi) is 6.03. The molecular weight excluding hydrogens is 340 g/mol. The maximum absolute atomic E-state index is 12.2. The summed E-state index contributed by atoms with van der Waals surface area (Å²) in [5.41, 5.74) is 2.11. The second kappa shape index (κ2) is 8.02. The Bertz CT molecular complexity index is 850. The maximum Gasteiger partial charge on any atom is 0.232 e. The van der Waals surface area contributed by atoms with Gasteiger partial charge in [-0.05, 0) is 36.8 Å². The molecule has 0 atom stereocenters. The molecule has 0 bridgehead atoms. The number of rotatable bonds is 7. The highest BCUT2D eigenvalue weighted by Crippen LogP contribution is 2.20. The molecule has 0 heterocycles. The van der Waals surface area contributed by atoms with Gasteiger partial charge in [0.1, 0.15) is 5.75 Å². The number of carbonyl (C=O) groups is 1. The van der Waals surface area contributed by atoms with Crippen LogP contribution in [0.4, 0.5) is 11.4 Å². The second-order valence-corrected chi connectivity index (χ2v) is 7.61. The van der Waals surface area contributed by atoms with Gasteiger partial charge in [0.05, 0.1) is 19.1 Å². The van der Waals surface area contributed by atoms with E-state index in [9.17, 15) is 13.2 Å². The lowest BCUT2D eigenvalue weighted by atomic mass is 10.2. The third-order valence-corrected chi connectivity index (χ3v) is 4.78. The van der Waals surface area contributed by atoms with Crippen molar-refractivity contribution in [2.24, 2.45) is 0 Å². The summed E-state index contributed by atoms with van der Waals surface area (Å²) >= 11 is 0. The molecule has 1 N–H and O–H groups in total. The molecule has 0 saturated carbocycles. The van der Waals surface area contributed by atoms with Crippen molar-refractivity contribution in [3.8, 4) is 5.75 Å². The largest absolute Gasteiger partial charge is 0.497 e. The lowest BCUT2D eigenvalue weighted by Gasteiger charge is -2.22. The van der Waals surface area contributed by atoms with Crippen LogP contribution in [0.2, 0.25) is 0 Å². The number of methoxy groups -OCH3 is 1. The number of benzene rings is 2. The van der Waals surface area contributed by atoms with Crippen LogP contribution in [0.5, 0.6) is 5.75 Å². The van der Waals surface area contributed by atoms with Gasteiger partial charge in [-0.25, -0.2) is 8.42 Å². The van der Waals surface area contributed by atoms with Gasteiger partial charge in [-0.2, -0.15) is 0 Å².